The molecule has 0 bridgehead atoms. The van der Waals surface area contributed by atoms with Crippen LogP contribution in [0.25, 0.3) is 0 Å². The Labute approximate surface area is 129 Å². The van der Waals surface area contributed by atoms with Crippen molar-refractivity contribution in [2.45, 2.75) is 24.8 Å². The molecule has 9 heteroatoms. The number of carbonyl (C=O) groups excluding carboxylic acids is 2. The lowest BCUT2D eigenvalue weighted by Crippen LogP contribution is -2.60. The standard InChI is InChI=1S/C12H15NO6S2/c1-5(14)7-9(16)13-8(11(17)18)12(21-10(7)13)20-4-3-6(15)19-2/h5,7,10,14H,3-4H2,1-2H3,(H,17,18). The number of nitrogens with zero attached hydrogens (tertiary/aromatic N) is 1. The molecule has 2 heterocycles. The fourth-order valence-corrected chi connectivity index (χ4v) is 5.10. The van der Waals surface area contributed by atoms with Gasteiger partial charge in [-0.3, -0.25) is 14.5 Å². The van der Waals surface area contributed by atoms with Gasteiger partial charge in [-0.15, -0.1) is 11.8 Å². The van der Waals surface area contributed by atoms with E-state index in [0.717, 1.165) is 0 Å². The molecule has 2 aliphatic rings. The molecule has 0 aromatic heterocycles. The number of carboxylic acid groups (broad SMARTS) is 1. The molecule has 2 aliphatic heterocycles. The number of amides is 1. The molecule has 0 aromatic rings. The molecule has 21 heavy (non-hydrogen) atoms. The molecular formula is C12H15NO6S2. The number of hydrogen-bond donors (Lipinski definition) is 2. The van der Waals surface area contributed by atoms with Crippen molar-refractivity contribution in [3.05, 3.63) is 9.93 Å². The Kier molecular flexibility index (Phi) is 4.84. The van der Waals surface area contributed by atoms with E-state index in [1.165, 1.54) is 42.5 Å². The first-order chi connectivity index (χ1) is 9.88. The van der Waals surface area contributed by atoms with Gasteiger partial charge in [-0.25, -0.2) is 4.79 Å². The van der Waals surface area contributed by atoms with Gasteiger partial charge < -0.3 is 14.9 Å². The fraction of sp³-hybridized carbons (Fsp3) is 0.583. The number of fused-ring (bicyclic) bond motifs is 1. The number of aliphatic hydroxyl groups is 1. The average Bonchev–Trinajstić information content (AvgIpc) is 2.72. The molecule has 3 atom stereocenters. The molecule has 0 saturated carbocycles. The van der Waals surface area contributed by atoms with Crippen molar-refractivity contribution in [1.29, 1.82) is 0 Å². The van der Waals surface area contributed by atoms with Crippen LogP contribution >= 0.6 is 23.5 Å². The van der Waals surface area contributed by atoms with Crippen molar-refractivity contribution >= 4 is 41.4 Å². The number of aliphatic hydroxyl groups excluding tert-OH is 1. The largest absolute Gasteiger partial charge is 0.477 e. The molecule has 1 fully saturated rings. The molecule has 1 saturated heterocycles. The van der Waals surface area contributed by atoms with E-state index in [-0.39, 0.29) is 29.4 Å². The Hall–Kier alpha value is -1.19. The molecule has 0 aromatic carbocycles. The number of rotatable bonds is 6. The lowest BCUT2D eigenvalue weighted by Gasteiger charge is -2.43. The summed E-state index contributed by atoms with van der Waals surface area (Å²) in [5, 5.41) is 18.5. The highest BCUT2D eigenvalue weighted by Crippen LogP contribution is 2.53. The van der Waals surface area contributed by atoms with E-state index in [9.17, 15) is 24.6 Å². The SMILES string of the molecule is COC(=O)CCSC1=C(C(=O)O)N2C(=O)C(C(C)O)C2S1. The number of thioether (sulfide) groups is 2. The van der Waals surface area contributed by atoms with Crippen LogP contribution in [0, 0.1) is 5.92 Å². The maximum absolute atomic E-state index is 11.9. The zero-order valence-electron chi connectivity index (χ0n) is 11.4. The fourth-order valence-electron chi connectivity index (χ4n) is 2.18. The summed E-state index contributed by atoms with van der Waals surface area (Å²) >= 11 is 2.46. The van der Waals surface area contributed by atoms with Crippen LogP contribution in [0.4, 0.5) is 0 Å². The lowest BCUT2D eigenvalue weighted by molar-refractivity contribution is -0.156. The molecule has 1 amide bonds. The summed E-state index contributed by atoms with van der Waals surface area (Å²) in [7, 11) is 1.29. The number of ether oxygens (including phenoxy) is 1. The molecule has 0 spiro atoms. The van der Waals surface area contributed by atoms with Crippen molar-refractivity contribution in [3.63, 3.8) is 0 Å². The van der Waals surface area contributed by atoms with Crippen LogP contribution in [-0.4, -0.2) is 57.3 Å². The third kappa shape index (κ3) is 2.90. The summed E-state index contributed by atoms with van der Waals surface area (Å²) in [6.45, 7) is 1.52. The summed E-state index contributed by atoms with van der Waals surface area (Å²) in [6, 6.07) is 0. The van der Waals surface area contributed by atoms with Crippen LogP contribution in [0.3, 0.4) is 0 Å². The predicted molar refractivity (Wildman–Crippen MR) is 77.1 cm³/mol. The Morgan fingerprint density at radius 1 is 1.52 bits per heavy atom. The van der Waals surface area contributed by atoms with Gasteiger partial charge in [0.05, 0.1) is 29.8 Å². The maximum atomic E-state index is 11.9. The second-order valence-corrected chi connectivity index (χ2v) is 7.09. The minimum atomic E-state index is -1.18. The highest BCUT2D eigenvalue weighted by Gasteiger charge is 2.57. The second kappa shape index (κ2) is 6.29. The molecule has 2 N–H and O–H groups in total. The summed E-state index contributed by atoms with van der Waals surface area (Å²) in [5.41, 5.74) is -0.0539. The van der Waals surface area contributed by atoms with Gasteiger partial charge in [0, 0.05) is 5.75 Å². The summed E-state index contributed by atoms with van der Waals surface area (Å²) in [4.78, 5) is 35.6. The van der Waals surface area contributed by atoms with E-state index in [1.54, 1.807) is 0 Å². The van der Waals surface area contributed by atoms with Gasteiger partial charge >= 0.3 is 11.9 Å². The Morgan fingerprint density at radius 3 is 2.71 bits per heavy atom. The summed E-state index contributed by atoms with van der Waals surface area (Å²) in [5.74, 6) is -2.13. The highest BCUT2D eigenvalue weighted by atomic mass is 32.2. The first-order valence-corrected chi connectivity index (χ1v) is 8.10. The number of aliphatic carboxylic acids is 1. The number of esters is 1. The minimum Gasteiger partial charge on any atom is -0.477 e. The first kappa shape index (κ1) is 16.2. The third-order valence-electron chi connectivity index (χ3n) is 3.24. The van der Waals surface area contributed by atoms with Crippen LogP contribution in [0.1, 0.15) is 13.3 Å². The molecule has 2 rings (SSSR count). The average molecular weight is 333 g/mol. The summed E-state index contributed by atoms with van der Waals surface area (Å²) in [6.07, 6.45) is -0.656. The van der Waals surface area contributed by atoms with Gasteiger partial charge in [0.2, 0.25) is 5.91 Å². The number of methoxy groups -OCH3 is 1. The third-order valence-corrected chi connectivity index (χ3v) is 5.89. The molecule has 3 unspecified atom stereocenters. The first-order valence-electron chi connectivity index (χ1n) is 6.23. The van der Waals surface area contributed by atoms with Crippen molar-refractivity contribution in [2.75, 3.05) is 12.9 Å². The molecule has 0 aliphatic carbocycles. The minimum absolute atomic E-state index is 0.0539. The van der Waals surface area contributed by atoms with E-state index in [1.807, 2.05) is 0 Å². The van der Waals surface area contributed by atoms with Crippen molar-refractivity contribution in [1.82, 2.24) is 4.90 Å². The second-order valence-electron chi connectivity index (χ2n) is 4.60. The van der Waals surface area contributed by atoms with Crippen LogP contribution in [0.5, 0.6) is 0 Å². The number of carbonyl (C=O) groups is 3. The van der Waals surface area contributed by atoms with Gasteiger partial charge in [0.25, 0.3) is 0 Å². The van der Waals surface area contributed by atoms with E-state index >= 15 is 0 Å². The molecule has 0 radical (unpaired) electrons. The Balaban J connectivity index is 2.08. The van der Waals surface area contributed by atoms with Crippen molar-refractivity contribution in [2.24, 2.45) is 5.92 Å². The van der Waals surface area contributed by atoms with Crippen molar-refractivity contribution < 1.29 is 29.3 Å². The van der Waals surface area contributed by atoms with Gasteiger partial charge in [0.15, 0.2) is 5.70 Å². The maximum Gasteiger partial charge on any atom is 0.354 e. The van der Waals surface area contributed by atoms with Gasteiger partial charge in [-0.1, -0.05) is 11.8 Å². The zero-order chi connectivity index (χ0) is 15.7. The van der Waals surface area contributed by atoms with Crippen LogP contribution in [-0.2, 0) is 19.1 Å². The zero-order valence-corrected chi connectivity index (χ0v) is 13.1. The smallest absolute Gasteiger partial charge is 0.354 e. The van der Waals surface area contributed by atoms with Crippen LogP contribution in [0.15, 0.2) is 9.93 Å². The van der Waals surface area contributed by atoms with Gasteiger partial charge in [0.1, 0.15) is 5.37 Å². The quantitative estimate of drug-likeness (QED) is 0.533. The highest BCUT2D eigenvalue weighted by molar-refractivity contribution is 8.22. The van der Waals surface area contributed by atoms with E-state index in [4.69, 9.17) is 0 Å². The number of hydrogen-bond acceptors (Lipinski definition) is 7. The monoisotopic (exact) mass is 333 g/mol. The lowest BCUT2D eigenvalue weighted by atomic mass is 9.92. The Bertz CT molecular complexity index is 518. The van der Waals surface area contributed by atoms with Crippen molar-refractivity contribution in [3.8, 4) is 0 Å². The van der Waals surface area contributed by atoms with Crippen LogP contribution < -0.4 is 0 Å². The number of β-lactam (4-membered cyclic amide) rings is 1. The molecule has 116 valence electrons. The Morgan fingerprint density at radius 2 is 2.19 bits per heavy atom. The normalized spacial score (nSPS) is 25.5. The topological polar surface area (TPSA) is 104 Å². The van der Waals surface area contributed by atoms with E-state index < -0.39 is 18.0 Å². The van der Waals surface area contributed by atoms with E-state index in [0.29, 0.717) is 9.99 Å². The molecular weight excluding hydrogens is 318 g/mol. The van der Waals surface area contributed by atoms with Crippen LogP contribution in [0.2, 0.25) is 0 Å². The molecule has 7 nitrogen and oxygen atoms in total. The van der Waals surface area contributed by atoms with Gasteiger partial charge in [-0.05, 0) is 6.92 Å². The predicted octanol–water partition coefficient (Wildman–Crippen LogP) is 0.448. The summed E-state index contributed by atoms with van der Waals surface area (Å²) < 4.78 is 5.01. The number of carboxylic acids is 1. The van der Waals surface area contributed by atoms with Gasteiger partial charge in [-0.2, -0.15) is 0 Å². The van der Waals surface area contributed by atoms with E-state index in [2.05, 4.69) is 4.74 Å².